The standard InChI is InChI=1S/C11H14N2O4S/c14-11(15)10-9(6-3-7-12-10)13-18(16,17)8-4-1-2-5-8/h3,6-8,13H,1-2,4-5H2,(H,14,15). The maximum Gasteiger partial charge on any atom is 0.356 e. The largest absolute Gasteiger partial charge is 0.476 e. The first kappa shape index (κ1) is 12.8. The summed E-state index contributed by atoms with van der Waals surface area (Å²) < 4.78 is 26.4. The molecule has 0 atom stereocenters. The lowest BCUT2D eigenvalue weighted by molar-refractivity contribution is 0.0692. The van der Waals surface area contributed by atoms with Crippen LogP contribution in [-0.4, -0.2) is 29.7 Å². The van der Waals surface area contributed by atoms with Gasteiger partial charge >= 0.3 is 5.97 Å². The number of hydrogen-bond donors (Lipinski definition) is 2. The van der Waals surface area contributed by atoms with E-state index in [1.165, 1.54) is 18.3 Å². The van der Waals surface area contributed by atoms with Crippen LogP contribution in [0.3, 0.4) is 0 Å². The van der Waals surface area contributed by atoms with Crippen molar-refractivity contribution < 1.29 is 18.3 Å². The highest BCUT2D eigenvalue weighted by molar-refractivity contribution is 7.93. The van der Waals surface area contributed by atoms with Gasteiger partial charge in [0.2, 0.25) is 10.0 Å². The molecule has 0 aromatic carbocycles. The molecule has 0 amide bonds. The van der Waals surface area contributed by atoms with E-state index in [4.69, 9.17) is 5.11 Å². The molecule has 0 saturated heterocycles. The summed E-state index contributed by atoms with van der Waals surface area (Å²) in [6, 6.07) is 2.90. The number of rotatable bonds is 4. The molecule has 0 radical (unpaired) electrons. The Balaban J connectivity index is 2.26. The number of carboxylic acids is 1. The van der Waals surface area contributed by atoms with Crippen LogP contribution in [0.15, 0.2) is 18.3 Å². The molecule has 2 N–H and O–H groups in total. The highest BCUT2D eigenvalue weighted by atomic mass is 32.2. The predicted molar refractivity (Wildman–Crippen MR) is 66.0 cm³/mol. The maximum absolute atomic E-state index is 12.0. The Morgan fingerprint density at radius 2 is 2.06 bits per heavy atom. The van der Waals surface area contributed by atoms with Gasteiger partial charge in [-0.1, -0.05) is 12.8 Å². The lowest BCUT2D eigenvalue weighted by Crippen LogP contribution is -2.26. The molecule has 98 valence electrons. The van der Waals surface area contributed by atoms with Crippen LogP contribution in [0, 0.1) is 0 Å². The Morgan fingerprint density at radius 1 is 1.39 bits per heavy atom. The van der Waals surface area contributed by atoms with Crippen LogP contribution in [0.4, 0.5) is 5.69 Å². The van der Waals surface area contributed by atoms with Gasteiger partial charge in [-0.3, -0.25) is 4.72 Å². The maximum atomic E-state index is 12.0. The van der Waals surface area contributed by atoms with E-state index >= 15 is 0 Å². The number of carboxylic acid groups (broad SMARTS) is 1. The van der Waals surface area contributed by atoms with E-state index in [0.717, 1.165) is 12.8 Å². The molecule has 6 nitrogen and oxygen atoms in total. The number of aromatic nitrogens is 1. The molecule has 1 aliphatic carbocycles. The molecular formula is C11H14N2O4S. The van der Waals surface area contributed by atoms with Gasteiger partial charge in [-0.25, -0.2) is 18.2 Å². The SMILES string of the molecule is O=C(O)c1ncccc1NS(=O)(=O)C1CCCC1. The van der Waals surface area contributed by atoms with Crippen LogP contribution in [0.2, 0.25) is 0 Å². The fourth-order valence-electron chi connectivity index (χ4n) is 2.09. The zero-order valence-electron chi connectivity index (χ0n) is 9.67. The van der Waals surface area contributed by atoms with E-state index < -0.39 is 21.2 Å². The van der Waals surface area contributed by atoms with Crippen molar-refractivity contribution in [2.45, 2.75) is 30.9 Å². The second-order valence-corrected chi connectivity index (χ2v) is 6.22. The average Bonchev–Trinajstić information content (AvgIpc) is 2.83. The molecule has 1 saturated carbocycles. The van der Waals surface area contributed by atoms with E-state index in [1.54, 1.807) is 0 Å². The van der Waals surface area contributed by atoms with Gasteiger partial charge in [0.25, 0.3) is 0 Å². The first-order valence-electron chi connectivity index (χ1n) is 5.70. The molecule has 2 rings (SSSR count). The van der Waals surface area contributed by atoms with Crippen molar-refractivity contribution in [2.24, 2.45) is 0 Å². The lowest BCUT2D eigenvalue weighted by Gasteiger charge is -2.14. The summed E-state index contributed by atoms with van der Waals surface area (Å²) in [6.45, 7) is 0. The van der Waals surface area contributed by atoms with Crippen molar-refractivity contribution in [1.29, 1.82) is 0 Å². The molecule has 18 heavy (non-hydrogen) atoms. The minimum atomic E-state index is -3.52. The van der Waals surface area contributed by atoms with Crippen molar-refractivity contribution >= 4 is 21.7 Å². The minimum Gasteiger partial charge on any atom is -0.476 e. The van der Waals surface area contributed by atoms with Crippen LogP contribution in [0.5, 0.6) is 0 Å². The molecule has 0 bridgehead atoms. The fraction of sp³-hybridized carbons (Fsp3) is 0.455. The fourth-order valence-corrected chi connectivity index (χ4v) is 3.69. The second kappa shape index (κ2) is 4.93. The molecule has 1 aromatic rings. The van der Waals surface area contributed by atoms with Crippen LogP contribution in [0.1, 0.15) is 36.2 Å². The van der Waals surface area contributed by atoms with Gasteiger partial charge in [-0.05, 0) is 25.0 Å². The van der Waals surface area contributed by atoms with Crippen molar-refractivity contribution in [1.82, 2.24) is 4.98 Å². The van der Waals surface area contributed by atoms with E-state index in [0.29, 0.717) is 12.8 Å². The van der Waals surface area contributed by atoms with Gasteiger partial charge < -0.3 is 5.11 Å². The van der Waals surface area contributed by atoms with Crippen LogP contribution >= 0.6 is 0 Å². The molecular weight excluding hydrogens is 256 g/mol. The summed E-state index contributed by atoms with van der Waals surface area (Å²) in [5.41, 5.74) is -0.254. The first-order chi connectivity index (χ1) is 8.50. The van der Waals surface area contributed by atoms with Gasteiger partial charge in [0.15, 0.2) is 5.69 Å². The summed E-state index contributed by atoms with van der Waals surface area (Å²) in [5.74, 6) is -1.25. The third-order valence-electron chi connectivity index (χ3n) is 3.00. The quantitative estimate of drug-likeness (QED) is 0.863. The Kier molecular flexibility index (Phi) is 3.51. The Hall–Kier alpha value is -1.63. The van der Waals surface area contributed by atoms with Crippen molar-refractivity contribution in [3.8, 4) is 0 Å². The Labute approximate surface area is 105 Å². The molecule has 1 fully saturated rings. The smallest absolute Gasteiger partial charge is 0.356 e. The highest BCUT2D eigenvalue weighted by Gasteiger charge is 2.29. The summed E-state index contributed by atoms with van der Waals surface area (Å²) in [5, 5.41) is 8.50. The summed E-state index contributed by atoms with van der Waals surface area (Å²) in [6.07, 6.45) is 4.35. The molecule has 0 unspecified atom stereocenters. The number of anilines is 1. The summed E-state index contributed by atoms with van der Waals surface area (Å²) in [4.78, 5) is 14.6. The topological polar surface area (TPSA) is 96.4 Å². The minimum absolute atomic E-state index is 0.0249. The normalized spacial score (nSPS) is 16.7. The van der Waals surface area contributed by atoms with Gasteiger partial charge in [0.1, 0.15) is 0 Å². The van der Waals surface area contributed by atoms with Crippen molar-refractivity contribution in [3.05, 3.63) is 24.0 Å². The third kappa shape index (κ3) is 2.61. The first-order valence-corrected chi connectivity index (χ1v) is 7.25. The van der Waals surface area contributed by atoms with E-state index in [2.05, 4.69) is 9.71 Å². The third-order valence-corrected chi connectivity index (χ3v) is 4.86. The van der Waals surface area contributed by atoms with E-state index in [-0.39, 0.29) is 11.4 Å². The number of hydrogen-bond acceptors (Lipinski definition) is 4. The summed E-state index contributed by atoms with van der Waals surface area (Å²) >= 11 is 0. The van der Waals surface area contributed by atoms with Gasteiger partial charge in [0.05, 0.1) is 10.9 Å². The monoisotopic (exact) mass is 270 g/mol. The van der Waals surface area contributed by atoms with Crippen molar-refractivity contribution in [2.75, 3.05) is 4.72 Å². The van der Waals surface area contributed by atoms with Crippen LogP contribution in [0.25, 0.3) is 0 Å². The predicted octanol–water partition coefficient (Wildman–Crippen LogP) is 1.46. The average molecular weight is 270 g/mol. The van der Waals surface area contributed by atoms with Crippen LogP contribution in [-0.2, 0) is 10.0 Å². The zero-order chi connectivity index (χ0) is 13.2. The van der Waals surface area contributed by atoms with Gasteiger partial charge in [0, 0.05) is 6.20 Å². The molecule has 0 aliphatic heterocycles. The highest BCUT2D eigenvalue weighted by Crippen LogP contribution is 2.26. The number of nitrogens with one attached hydrogen (secondary N) is 1. The van der Waals surface area contributed by atoms with Gasteiger partial charge in [-0.15, -0.1) is 0 Å². The molecule has 0 spiro atoms. The Morgan fingerprint density at radius 3 is 2.67 bits per heavy atom. The van der Waals surface area contributed by atoms with Gasteiger partial charge in [-0.2, -0.15) is 0 Å². The number of sulfonamides is 1. The molecule has 1 aromatic heterocycles. The number of aromatic carboxylic acids is 1. The molecule has 1 heterocycles. The number of nitrogens with zero attached hydrogens (tertiary/aromatic N) is 1. The van der Waals surface area contributed by atoms with E-state index in [9.17, 15) is 13.2 Å². The molecule has 1 aliphatic rings. The zero-order valence-corrected chi connectivity index (χ0v) is 10.5. The number of pyridine rings is 1. The van der Waals surface area contributed by atoms with Crippen molar-refractivity contribution in [3.63, 3.8) is 0 Å². The van der Waals surface area contributed by atoms with E-state index in [1.807, 2.05) is 0 Å². The summed E-state index contributed by atoms with van der Waals surface area (Å²) in [7, 11) is -3.52. The molecule has 7 heteroatoms. The Bertz CT molecular complexity index is 550. The van der Waals surface area contributed by atoms with Crippen LogP contribution < -0.4 is 4.72 Å². The lowest BCUT2D eigenvalue weighted by atomic mass is 10.3. The number of carbonyl (C=O) groups is 1. The second-order valence-electron chi connectivity index (χ2n) is 4.26.